The first-order valence-corrected chi connectivity index (χ1v) is 10.5. The summed E-state index contributed by atoms with van der Waals surface area (Å²) in [7, 11) is 3.92. The van der Waals surface area contributed by atoms with Crippen LogP contribution in [-0.2, 0) is 11.2 Å². The van der Waals surface area contributed by atoms with Crippen molar-refractivity contribution >= 4 is 5.91 Å². The number of aromatic nitrogens is 3. The molecule has 0 bridgehead atoms. The van der Waals surface area contributed by atoms with E-state index >= 15 is 0 Å². The van der Waals surface area contributed by atoms with Crippen LogP contribution in [0, 0.1) is 5.82 Å². The van der Waals surface area contributed by atoms with Crippen LogP contribution in [0.5, 0.6) is 0 Å². The van der Waals surface area contributed by atoms with E-state index in [0.717, 1.165) is 13.0 Å². The molecule has 0 aliphatic carbocycles. The summed E-state index contributed by atoms with van der Waals surface area (Å²) in [5.41, 5.74) is 1.36. The van der Waals surface area contributed by atoms with Crippen molar-refractivity contribution in [3.8, 4) is 11.5 Å². The number of nitrogens with one attached hydrogen (secondary N) is 1. The second kappa shape index (κ2) is 11.6. The van der Waals surface area contributed by atoms with Gasteiger partial charge in [-0.1, -0.05) is 5.16 Å². The number of hydrogen-bond acceptors (Lipinski definition) is 7. The summed E-state index contributed by atoms with van der Waals surface area (Å²) in [6, 6.07) is 5.86. The number of halogens is 3. The van der Waals surface area contributed by atoms with Gasteiger partial charge in [0.2, 0.25) is 11.8 Å². The average Bonchev–Trinajstić information content (AvgIpc) is 3.44. The fourth-order valence-corrected chi connectivity index (χ4v) is 3.16. The first-order chi connectivity index (χ1) is 15.8. The molecule has 0 aliphatic rings. The quantitative estimate of drug-likeness (QED) is 0.432. The lowest BCUT2D eigenvalue weighted by molar-refractivity contribution is -0.121. The minimum Gasteiger partial charge on any atom is -0.444 e. The third-order valence-electron chi connectivity index (χ3n) is 4.98. The first-order valence-electron chi connectivity index (χ1n) is 10.5. The normalized spacial score (nSPS) is 12.5. The van der Waals surface area contributed by atoms with Crippen molar-refractivity contribution < 1.29 is 26.9 Å². The van der Waals surface area contributed by atoms with Crippen molar-refractivity contribution in [1.29, 1.82) is 0 Å². The standard InChI is InChI=1S/C22H26F3N5O3/c1-30(2)11-10-15(17-13-32-21(27-17)14-6-8-16(23)9-7-14)12-26-19(31)5-3-4-18-28-22(20(24)25)33-29-18/h6-9,13,15,20H,3-5,10-12H2,1-2H3,(H,26,31). The molecule has 1 atom stereocenters. The zero-order chi connectivity index (χ0) is 23.8. The smallest absolute Gasteiger partial charge is 0.315 e. The van der Waals surface area contributed by atoms with Gasteiger partial charge in [0.1, 0.15) is 12.1 Å². The summed E-state index contributed by atoms with van der Waals surface area (Å²) in [6.45, 7) is 1.14. The second-order valence-corrected chi connectivity index (χ2v) is 7.88. The highest BCUT2D eigenvalue weighted by Gasteiger charge is 2.19. The Bertz CT molecular complexity index is 1020. The lowest BCUT2D eigenvalue weighted by atomic mass is 10.0. The SMILES string of the molecule is CN(C)CCC(CNC(=O)CCCc1noc(C(F)F)n1)c1coc(-c2ccc(F)cc2)n1. The third-order valence-corrected chi connectivity index (χ3v) is 4.98. The molecule has 2 aromatic heterocycles. The predicted octanol–water partition coefficient (Wildman–Crippen LogP) is 3.98. The Morgan fingerprint density at radius 1 is 1.18 bits per heavy atom. The molecule has 1 unspecified atom stereocenters. The number of benzene rings is 1. The molecule has 11 heteroatoms. The Morgan fingerprint density at radius 3 is 2.61 bits per heavy atom. The fourth-order valence-electron chi connectivity index (χ4n) is 3.16. The zero-order valence-electron chi connectivity index (χ0n) is 18.4. The number of nitrogens with zero attached hydrogens (tertiary/aromatic N) is 4. The molecule has 0 saturated heterocycles. The number of aryl methyl sites for hydroxylation is 1. The number of oxazole rings is 1. The zero-order valence-corrected chi connectivity index (χ0v) is 18.4. The van der Waals surface area contributed by atoms with Crippen molar-refractivity contribution in [3.05, 3.63) is 53.8 Å². The molecule has 0 radical (unpaired) electrons. The Balaban J connectivity index is 1.53. The molecule has 0 aliphatic heterocycles. The van der Waals surface area contributed by atoms with Gasteiger partial charge in [0.25, 0.3) is 5.89 Å². The van der Waals surface area contributed by atoms with Gasteiger partial charge in [0.05, 0.1) is 5.69 Å². The van der Waals surface area contributed by atoms with Gasteiger partial charge < -0.3 is 19.2 Å². The van der Waals surface area contributed by atoms with Crippen LogP contribution in [0.3, 0.4) is 0 Å². The first kappa shape index (κ1) is 24.4. The highest BCUT2D eigenvalue weighted by molar-refractivity contribution is 5.75. The monoisotopic (exact) mass is 465 g/mol. The summed E-state index contributed by atoms with van der Waals surface area (Å²) in [6.07, 6.45) is 0.337. The van der Waals surface area contributed by atoms with E-state index in [9.17, 15) is 18.0 Å². The molecule has 0 fully saturated rings. The minimum absolute atomic E-state index is 0.0832. The summed E-state index contributed by atoms with van der Waals surface area (Å²) in [5.74, 6) is -0.783. The number of amides is 1. The van der Waals surface area contributed by atoms with Crippen LogP contribution in [0.4, 0.5) is 13.2 Å². The summed E-state index contributed by atoms with van der Waals surface area (Å²) in [5, 5.41) is 6.38. The van der Waals surface area contributed by atoms with Crippen LogP contribution < -0.4 is 5.32 Å². The molecule has 2 heterocycles. The molecule has 178 valence electrons. The van der Waals surface area contributed by atoms with E-state index < -0.39 is 12.3 Å². The van der Waals surface area contributed by atoms with Gasteiger partial charge in [0.15, 0.2) is 5.82 Å². The fraction of sp³-hybridized carbons (Fsp3) is 0.455. The van der Waals surface area contributed by atoms with E-state index in [1.165, 1.54) is 12.1 Å². The molecule has 3 rings (SSSR count). The lowest BCUT2D eigenvalue weighted by Gasteiger charge is -2.18. The van der Waals surface area contributed by atoms with Crippen LogP contribution in [-0.4, -0.2) is 53.1 Å². The second-order valence-electron chi connectivity index (χ2n) is 7.88. The van der Waals surface area contributed by atoms with E-state index in [4.69, 9.17) is 4.42 Å². The molecule has 0 saturated carbocycles. The van der Waals surface area contributed by atoms with Gasteiger partial charge in [-0.15, -0.1) is 0 Å². The maximum absolute atomic E-state index is 13.2. The molecule has 1 aromatic carbocycles. The van der Waals surface area contributed by atoms with Crippen molar-refractivity contribution in [2.24, 2.45) is 0 Å². The summed E-state index contributed by atoms with van der Waals surface area (Å²) < 4.78 is 48.2. The molecule has 1 N–H and O–H groups in total. The van der Waals surface area contributed by atoms with E-state index in [2.05, 4.69) is 25.0 Å². The van der Waals surface area contributed by atoms with Gasteiger partial charge in [-0.2, -0.15) is 13.8 Å². The lowest BCUT2D eigenvalue weighted by Crippen LogP contribution is -2.30. The Morgan fingerprint density at radius 2 is 1.94 bits per heavy atom. The van der Waals surface area contributed by atoms with Crippen LogP contribution in [0.2, 0.25) is 0 Å². The highest BCUT2D eigenvalue weighted by Crippen LogP contribution is 2.25. The Kier molecular flexibility index (Phi) is 8.58. The predicted molar refractivity (Wildman–Crippen MR) is 113 cm³/mol. The van der Waals surface area contributed by atoms with Gasteiger partial charge in [-0.3, -0.25) is 4.79 Å². The topological polar surface area (TPSA) is 97.3 Å². The maximum Gasteiger partial charge on any atom is 0.315 e. The van der Waals surface area contributed by atoms with E-state index in [1.807, 2.05) is 19.0 Å². The van der Waals surface area contributed by atoms with Crippen molar-refractivity contribution in [1.82, 2.24) is 25.3 Å². The largest absolute Gasteiger partial charge is 0.444 e. The van der Waals surface area contributed by atoms with Gasteiger partial charge in [-0.25, -0.2) is 9.37 Å². The third kappa shape index (κ3) is 7.41. The maximum atomic E-state index is 13.2. The van der Waals surface area contributed by atoms with Crippen LogP contribution in [0.1, 0.15) is 49.0 Å². The molecular formula is C22H26F3N5O3. The van der Waals surface area contributed by atoms with Gasteiger partial charge in [0, 0.05) is 30.9 Å². The molecule has 8 nitrogen and oxygen atoms in total. The Labute approximate surface area is 189 Å². The molecule has 3 aromatic rings. The summed E-state index contributed by atoms with van der Waals surface area (Å²) in [4.78, 5) is 22.5. The van der Waals surface area contributed by atoms with Gasteiger partial charge >= 0.3 is 6.43 Å². The van der Waals surface area contributed by atoms with Crippen LogP contribution >= 0.6 is 0 Å². The number of alkyl halides is 2. The number of hydrogen-bond donors (Lipinski definition) is 1. The van der Waals surface area contributed by atoms with E-state index in [-0.39, 0.29) is 36.3 Å². The van der Waals surface area contributed by atoms with Gasteiger partial charge in [-0.05, 0) is 57.7 Å². The number of carbonyl (C=O) groups is 1. The van der Waals surface area contributed by atoms with Crippen molar-refractivity contribution in [2.75, 3.05) is 27.2 Å². The van der Waals surface area contributed by atoms with Crippen molar-refractivity contribution in [2.45, 2.75) is 38.0 Å². The molecule has 0 spiro atoms. The van der Waals surface area contributed by atoms with Crippen LogP contribution in [0.25, 0.3) is 11.5 Å². The van der Waals surface area contributed by atoms with Crippen LogP contribution in [0.15, 0.2) is 39.5 Å². The van der Waals surface area contributed by atoms with E-state index in [1.54, 1.807) is 18.4 Å². The minimum atomic E-state index is -2.81. The summed E-state index contributed by atoms with van der Waals surface area (Å²) >= 11 is 0. The molecular weight excluding hydrogens is 439 g/mol. The number of carbonyl (C=O) groups excluding carboxylic acids is 1. The average molecular weight is 465 g/mol. The molecule has 1 amide bonds. The molecule has 33 heavy (non-hydrogen) atoms. The Hall–Kier alpha value is -3.21. The number of rotatable bonds is 12. The van der Waals surface area contributed by atoms with Crippen molar-refractivity contribution in [3.63, 3.8) is 0 Å². The van der Waals surface area contributed by atoms with E-state index in [0.29, 0.717) is 30.1 Å². The highest BCUT2D eigenvalue weighted by atomic mass is 19.3.